The zero-order valence-corrected chi connectivity index (χ0v) is 11.1. The normalized spacial score (nSPS) is 16.6. The van der Waals surface area contributed by atoms with Crippen molar-refractivity contribution in [3.63, 3.8) is 0 Å². The van der Waals surface area contributed by atoms with Crippen molar-refractivity contribution in [2.24, 2.45) is 0 Å². The van der Waals surface area contributed by atoms with Crippen molar-refractivity contribution in [2.75, 3.05) is 18.0 Å². The van der Waals surface area contributed by atoms with Gasteiger partial charge in [0.1, 0.15) is 5.60 Å². The molecule has 0 saturated carbocycles. The lowest BCUT2D eigenvalue weighted by molar-refractivity contribution is -0.384. The molecule has 6 nitrogen and oxygen atoms in total. The molecule has 0 spiro atoms. The Labute approximate surface area is 118 Å². The zero-order chi connectivity index (χ0) is 14.2. The van der Waals surface area contributed by atoms with Crippen molar-refractivity contribution in [1.29, 1.82) is 5.26 Å². The Kier molecular flexibility index (Phi) is 3.54. The van der Waals surface area contributed by atoms with Gasteiger partial charge < -0.3 is 10.0 Å². The summed E-state index contributed by atoms with van der Waals surface area (Å²) in [7, 11) is 0. The largest absolute Gasteiger partial charge is 0.385 e. The van der Waals surface area contributed by atoms with E-state index in [0.717, 1.165) is 0 Å². The summed E-state index contributed by atoms with van der Waals surface area (Å²) in [4.78, 5) is 11.8. The first-order chi connectivity index (χ1) is 8.86. The highest BCUT2D eigenvalue weighted by atomic mass is 35.5. The molecule has 8 heteroatoms. The van der Waals surface area contributed by atoms with Gasteiger partial charge in [-0.3, -0.25) is 10.1 Å². The van der Waals surface area contributed by atoms with Gasteiger partial charge in [0.05, 0.1) is 33.1 Å². The van der Waals surface area contributed by atoms with Crippen LogP contribution in [0.5, 0.6) is 0 Å². The third-order valence-electron chi connectivity index (χ3n) is 2.91. The molecule has 0 bridgehead atoms. The van der Waals surface area contributed by atoms with Gasteiger partial charge in [-0.05, 0) is 0 Å². The second-order valence-electron chi connectivity index (χ2n) is 4.43. The van der Waals surface area contributed by atoms with Crippen LogP contribution in [0.3, 0.4) is 0 Å². The van der Waals surface area contributed by atoms with Gasteiger partial charge in [-0.2, -0.15) is 5.26 Å². The molecule has 19 heavy (non-hydrogen) atoms. The quantitative estimate of drug-likeness (QED) is 0.683. The number of aliphatic hydroxyl groups is 1. The van der Waals surface area contributed by atoms with Crippen molar-refractivity contribution in [3.05, 3.63) is 32.3 Å². The van der Waals surface area contributed by atoms with Crippen LogP contribution in [-0.4, -0.2) is 28.7 Å². The highest BCUT2D eigenvalue weighted by Gasteiger charge is 2.42. The second kappa shape index (κ2) is 4.85. The van der Waals surface area contributed by atoms with E-state index in [0.29, 0.717) is 5.69 Å². The van der Waals surface area contributed by atoms with E-state index in [1.807, 2.05) is 6.07 Å². The Morgan fingerprint density at radius 3 is 2.42 bits per heavy atom. The van der Waals surface area contributed by atoms with Gasteiger partial charge in [0.2, 0.25) is 0 Å². The summed E-state index contributed by atoms with van der Waals surface area (Å²) < 4.78 is 0. The minimum absolute atomic E-state index is 0.0196. The molecule has 1 saturated heterocycles. The van der Waals surface area contributed by atoms with Crippen molar-refractivity contribution in [1.82, 2.24) is 0 Å². The Hall–Kier alpha value is -1.55. The van der Waals surface area contributed by atoms with E-state index in [1.54, 1.807) is 4.90 Å². The number of benzene rings is 1. The van der Waals surface area contributed by atoms with E-state index in [4.69, 9.17) is 28.5 Å². The van der Waals surface area contributed by atoms with Crippen LogP contribution < -0.4 is 4.90 Å². The average Bonchev–Trinajstić information content (AvgIpc) is 2.25. The fraction of sp³-hybridized carbons (Fsp3) is 0.364. The summed E-state index contributed by atoms with van der Waals surface area (Å²) in [5.74, 6) is 0. The first kappa shape index (κ1) is 13.9. The van der Waals surface area contributed by atoms with Crippen LogP contribution in [0.4, 0.5) is 11.4 Å². The minimum atomic E-state index is -1.07. The Balaban J connectivity index is 2.24. The maximum atomic E-state index is 10.7. The number of nitrogens with zero attached hydrogens (tertiary/aromatic N) is 3. The fourth-order valence-electron chi connectivity index (χ4n) is 2.04. The first-order valence-electron chi connectivity index (χ1n) is 5.34. The second-order valence-corrected chi connectivity index (χ2v) is 5.24. The molecular formula is C11H9Cl2N3O3. The third kappa shape index (κ3) is 2.59. The molecule has 2 rings (SSSR count). The van der Waals surface area contributed by atoms with E-state index in [-0.39, 0.29) is 35.2 Å². The number of nitro benzene ring substituents is 1. The van der Waals surface area contributed by atoms with E-state index in [1.165, 1.54) is 12.1 Å². The third-order valence-corrected chi connectivity index (χ3v) is 3.48. The number of anilines is 1. The molecule has 1 heterocycles. The summed E-state index contributed by atoms with van der Waals surface area (Å²) in [6, 6.07) is 4.33. The lowest BCUT2D eigenvalue weighted by Gasteiger charge is -2.47. The van der Waals surface area contributed by atoms with Crippen LogP contribution in [0.25, 0.3) is 0 Å². The molecular weight excluding hydrogens is 293 g/mol. The molecule has 0 unspecified atom stereocenters. The predicted octanol–water partition coefficient (Wildman–Crippen LogP) is 2.37. The summed E-state index contributed by atoms with van der Waals surface area (Å²) in [6.07, 6.45) is 0.0196. The van der Waals surface area contributed by atoms with Crippen molar-refractivity contribution in [3.8, 4) is 6.07 Å². The Morgan fingerprint density at radius 1 is 1.47 bits per heavy atom. The lowest BCUT2D eigenvalue weighted by atomic mass is 9.90. The van der Waals surface area contributed by atoms with E-state index in [2.05, 4.69) is 0 Å². The van der Waals surface area contributed by atoms with E-state index in [9.17, 15) is 15.2 Å². The summed E-state index contributed by atoms with van der Waals surface area (Å²) in [5.41, 5.74) is -0.813. The standard InChI is InChI=1S/C11H9Cl2N3O3/c12-8-3-7(16(18)19)4-9(13)10(8)15-5-11(17,6-15)1-2-14/h3-4,17H,1,5-6H2. The number of non-ortho nitro benzene ring substituents is 1. The summed E-state index contributed by atoms with van der Waals surface area (Å²) in [6.45, 7) is 0.440. The topological polar surface area (TPSA) is 90.4 Å². The van der Waals surface area contributed by atoms with Crippen molar-refractivity contribution >= 4 is 34.6 Å². The van der Waals surface area contributed by atoms with Crippen LogP contribution in [0, 0.1) is 21.4 Å². The van der Waals surface area contributed by atoms with Gasteiger partial charge in [-0.25, -0.2) is 0 Å². The summed E-state index contributed by atoms with van der Waals surface area (Å²) >= 11 is 12.0. The van der Waals surface area contributed by atoms with Crippen LogP contribution in [0.2, 0.25) is 10.0 Å². The lowest BCUT2D eigenvalue weighted by Crippen LogP contribution is -2.62. The van der Waals surface area contributed by atoms with Gasteiger partial charge in [-0.15, -0.1) is 0 Å². The number of nitriles is 1. The number of halogens is 2. The molecule has 1 N–H and O–H groups in total. The minimum Gasteiger partial charge on any atom is -0.385 e. The molecule has 0 aromatic heterocycles. The Morgan fingerprint density at radius 2 is 2.00 bits per heavy atom. The van der Waals surface area contributed by atoms with Crippen LogP contribution in [-0.2, 0) is 0 Å². The van der Waals surface area contributed by atoms with Crippen LogP contribution in [0.15, 0.2) is 12.1 Å². The molecule has 1 aliphatic heterocycles. The van der Waals surface area contributed by atoms with Gasteiger partial charge in [0.25, 0.3) is 5.69 Å². The zero-order valence-electron chi connectivity index (χ0n) is 9.64. The highest BCUT2D eigenvalue weighted by molar-refractivity contribution is 6.39. The molecule has 0 aliphatic carbocycles. The maximum absolute atomic E-state index is 10.7. The molecule has 0 atom stereocenters. The monoisotopic (exact) mass is 301 g/mol. The van der Waals surface area contributed by atoms with Crippen LogP contribution >= 0.6 is 23.2 Å². The van der Waals surface area contributed by atoms with Gasteiger partial charge in [-0.1, -0.05) is 23.2 Å². The highest BCUT2D eigenvalue weighted by Crippen LogP contribution is 2.41. The first-order valence-corrected chi connectivity index (χ1v) is 6.09. The number of hydrogen-bond acceptors (Lipinski definition) is 5. The molecule has 1 fully saturated rings. The van der Waals surface area contributed by atoms with Crippen LogP contribution in [0.1, 0.15) is 6.42 Å². The van der Waals surface area contributed by atoms with Gasteiger partial charge in [0.15, 0.2) is 0 Å². The maximum Gasteiger partial charge on any atom is 0.272 e. The molecule has 100 valence electrons. The molecule has 1 aromatic rings. The fourth-order valence-corrected chi connectivity index (χ4v) is 2.76. The Bertz CT molecular complexity index is 556. The SMILES string of the molecule is N#CCC1(O)CN(c2c(Cl)cc([N+](=O)[O-])cc2Cl)C1. The number of hydrogen-bond donors (Lipinski definition) is 1. The molecule has 1 aromatic carbocycles. The smallest absolute Gasteiger partial charge is 0.272 e. The van der Waals surface area contributed by atoms with E-state index < -0.39 is 10.5 Å². The number of nitro groups is 1. The molecule has 0 radical (unpaired) electrons. The van der Waals surface area contributed by atoms with Crippen molar-refractivity contribution in [2.45, 2.75) is 12.0 Å². The number of β-amino-alcohol motifs (C(OH)–C–C–N with tert-alkyl or cyclic N) is 1. The van der Waals surface area contributed by atoms with Gasteiger partial charge in [0, 0.05) is 25.2 Å². The average molecular weight is 302 g/mol. The van der Waals surface area contributed by atoms with Crippen molar-refractivity contribution < 1.29 is 10.0 Å². The van der Waals surface area contributed by atoms with Gasteiger partial charge >= 0.3 is 0 Å². The predicted molar refractivity (Wildman–Crippen MR) is 70.5 cm³/mol. The van der Waals surface area contributed by atoms with E-state index >= 15 is 0 Å². The summed E-state index contributed by atoms with van der Waals surface area (Å²) in [5, 5.41) is 29.4. The number of rotatable bonds is 3. The molecule has 0 amide bonds. The molecule has 1 aliphatic rings.